The normalized spacial score (nSPS) is 13.2. The van der Waals surface area contributed by atoms with Gasteiger partial charge in [0, 0.05) is 11.6 Å². The van der Waals surface area contributed by atoms with E-state index in [1.54, 1.807) is 12.1 Å². The van der Waals surface area contributed by atoms with E-state index in [2.05, 4.69) is 16.9 Å². The summed E-state index contributed by atoms with van der Waals surface area (Å²) < 4.78 is 25.9. The van der Waals surface area contributed by atoms with Crippen LogP contribution < -0.4 is 10.5 Å². The van der Waals surface area contributed by atoms with Crippen molar-refractivity contribution >= 4 is 38.8 Å². The fraction of sp³-hybridized carbons (Fsp3) is 0.364. The van der Waals surface area contributed by atoms with Crippen molar-refractivity contribution in [2.75, 3.05) is 6.54 Å². The third-order valence-electron chi connectivity index (χ3n) is 2.50. The third kappa shape index (κ3) is 4.53. The van der Waals surface area contributed by atoms with Crippen molar-refractivity contribution in [2.45, 2.75) is 18.6 Å². The summed E-state index contributed by atoms with van der Waals surface area (Å²) in [5, 5.41) is -0.209. The Hall–Kier alpha value is -0.690. The highest BCUT2D eigenvalue weighted by Gasteiger charge is 2.22. The molecule has 0 radical (unpaired) electrons. The molecule has 0 saturated heterocycles. The van der Waals surface area contributed by atoms with Crippen LogP contribution in [0.1, 0.15) is 12.5 Å². The monoisotopic (exact) mass is 306 g/mol. The quantitative estimate of drug-likeness (QED) is 0.781. The van der Waals surface area contributed by atoms with Crippen molar-refractivity contribution in [1.82, 2.24) is 4.72 Å². The topological polar surface area (TPSA) is 72.2 Å². The SMILES string of the molecule is CC(C(N)=S)S(=O)(=O)NCCc1ccc(Cl)cc1. The maximum Gasteiger partial charge on any atom is 0.220 e. The van der Waals surface area contributed by atoms with Gasteiger partial charge in [-0.3, -0.25) is 0 Å². The van der Waals surface area contributed by atoms with Crippen LogP contribution in [0.4, 0.5) is 0 Å². The molecule has 0 aliphatic carbocycles. The van der Waals surface area contributed by atoms with E-state index in [0.29, 0.717) is 18.0 Å². The van der Waals surface area contributed by atoms with Crippen LogP contribution in [0.3, 0.4) is 0 Å². The predicted octanol–water partition coefficient (Wildman–Crippen LogP) is 1.48. The van der Waals surface area contributed by atoms with E-state index in [4.69, 9.17) is 17.3 Å². The summed E-state index contributed by atoms with van der Waals surface area (Å²) in [5.74, 6) is 0. The number of thiocarbonyl (C=S) groups is 1. The number of halogens is 1. The summed E-state index contributed by atoms with van der Waals surface area (Å²) in [5.41, 5.74) is 6.32. The van der Waals surface area contributed by atoms with E-state index in [9.17, 15) is 8.42 Å². The minimum absolute atomic E-state index is 0.0333. The zero-order chi connectivity index (χ0) is 13.8. The largest absolute Gasteiger partial charge is 0.392 e. The molecule has 0 fully saturated rings. The van der Waals surface area contributed by atoms with E-state index in [1.165, 1.54) is 6.92 Å². The minimum Gasteiger partial charge on any atom is -0.392 e. The first-order valence-corrected chi connectivity index (χ1v) is 7.68. The van der Waals surface area contributed by atoms with E-state index >= 15 is 0 Å². The first kappa shape index (κ1) is 15.4. The van der Waals surface area contributed by atoms with Gasteiger partial charge >= 0.3 is 0 Å². The maximum atomic E-state index is 11.7. The van der Waals surface area contributed by atoms with Gasteiger partial charge < -0.3 is 5.73 Å². The molecule has 0 aromatic heterocycles. The molecule has 0 saturated carbocycles. The molecule has 1 aromatic rings. The summed E-state index contributed by atoms with van der Waals surface area (Å²) in [6, 6.07) is 7.24. The highest BCUT2D eigenvalue weighted by Crippen LogP contribution is 2.09. The summed E-state index contributed by atoms with van der Waals surface area (Å²) in [7, 11) is -3.48. The Labute approximate surface area is 118 Å². The Morgan fingerprint density at radius 1 is 1.44 bits per heavy atom. The Kier molecular flexibility index (Phi) is 5.52. The maximum absolute atomic E-state index is 11.7. The predicted molar refractivity (Wildman–Crippen MR) is 78.3 cm³/mol. The summed E-state index contributed by atoms with van der Waals surface area (Å²) in [6.07, 6.45) is 0.584. The molecule has 100 valence electrons. The Bertz CT molecular complexity index is 514. The molecule has 0 amide bonds. The highest BCUT2D eigenvalue weighted by molar-refractivity contribution is 7.93. The second-order valence-corrected chi connectivity index (χ2v) is 6.85. The third-order valence-corrected chi connectivity index (χ3v) is 5.04. The highest BCUT2D eigenvalue weighted by atomic mass is 35.5. The van der Waals surface area contributed by atoms with Crippen LogP contribution >= 0.6 is 23.8 Å². The molecule has 18 heavy (non-hydrogen) atoms. The van der Waals surface area contributed by atoms with Gasteiger partial charge in [-0.25, -0.2) is 13.1 Å². The number of sulfonamides is 1. The molecule has 0 bridgehead atoms. The second-order valence-electron chi connectivity index (χ2n) is 3.86. The Morgan fingerprint density at radius 2 is 2.00 bits per heavy atom. The lowest BCUT2D eigenvalue weighted by Crippen LogP contribution is -2.40. The van der Waals surface area contributed by atoms with Crippen LogP contribution in [0, 0.1) is 0 Å². The summed E-state index contributed by atoms with van der Waals surface area (Å²) in [4.78, 5) is -0.0333. The molecule has 0 heterocycles. The Morgan fingerprint density at radius 3 is 2.50 bits per heavy atom. The van der Waals surface area contributed by atoms with Gasteiger partial charge in [0.25, 0.3) is 0 Å². The van der Waals surface area contributed by atoms with Crippen LogP contribution in [0.2, 0.25) is 5.02 Å². The number of rotatable bonds is 6. The first-order valence-electron chi connectivity index (χ1n) is 5.35. The number of hydrogen-bond acceptors (Lipinski definition) is 3. The van der Waals surface area contributed by atoms with Crippen molar-refractivity contribution in [3.05, 3.63) is 34.9 Å². The lowest BCUT2D eigenvalue weighted by atomic mass is 10.2. The van der Waals surface area contributed by atoms with Crippen molar-refractivity contribution in [2.24, 2.45) is 5.73 Å². The molecule has 1 unspecified atom stereocenters. The zero-order valence-corrected chi connectivity index (χ0v) is 12.3. The summed E-state index contributed by atoms with van der Waals surface area (Å²) >= 11 is 10.4. The molecule has 0 aliphatic rings. The van der Waals surface area contributed by atoms with Gasteiger partial charge in [0.2, 0.25) is 10.0 Å². The molecule has 1 rings (SSSR count). The van der Waals surface area contributed by atoms with Gasteiger partial charge in [-0.05, 0) is 31.0 Å². The molecule has 0 aliphatic heterocycles. The van der Waals surface area contributed by atoms with Gasteiger partial charge in [0.15, 0.2) is 0 Å². The lowest BCUT2D eigenvalue weighted by Gasteiger charge is -2.12. The smallest absolute Gasteiger partial charge is 0.220 e. The number of benzene rings is 1. The Balaban J connectivity index is 2.51. The van der Waals surface area contributed by atoms with Gasteiger partial charge in [0.05, 0.1) is 4.99 Å². The standard InChI is InChI=1S/C11H15ClN2O2S2/c1-8(11(13)17)18(15,16)14-7-6-9-2-4-10(12)5-3-9/h2-5,8,14H,6-7H2,1H3,(H2,13,17). The van der Waals surface area contributed by atoms with Gasteiger partial charge in [-0.15, -0.1) is 0 Å². The van der Waals surface area contributed by atoms with Crippen molar-refractivity contribution in [3.63, 3.8) is 0 Å². The molecular formula is C11H15ClN2O2S2. The fourth-order valence-corrected chi connectivity index (χ4v) is 2.72. The van der Waals surface area contributed by atoms with Crippen LogP contribution in [-0.2, 0) is 16.4 Å². The zero-order valence-electron chi connectivity index (χ0n) is 9.89. The first-order chi connectivity index (χ1) is 8.33. The summed E-state index contributed by atoms with van der Waals surface area (Å²) in [6.45, 7) is 1.77. The number of hydrogen-bond donors (Lipinski definition) is 2. The van der Waals surface area contributed by atoms with E-state index < -0.39 is 15.3 Å². The van der Waals surface area contributed by atoms with E-state index in [1.807, 2.05) is 12.1 Å². The number of nitrogens with two attached hydrogens (primary N) is 1. The van der Waals surface area contributed by atoms with E-state index in [-0.39, 0.29) is 4.99 Å². The van der Waals surface area contributed by atoms with Gasteiger partial charge in [-0.2, -0.15) is 0 Å². The average Bonchev–Trinajstić information content (AvgIpc) is 2.30. The van der Waals surface area contributed by atoms with E-state index in [0.717, 1.165) is 5.56 Å². The molecule has 0 spiro atoms. The lowest BCUT2D eigenvalue weighted by molar-refractivity contribution is 0.578. The van der Waals surface area contributed by atoms with Gasteiger partial charge in [0.1, 0.15) is 5.25 Å². The molecule has 4 nitrogen and oxygen atoms in total. The van der Waals surface area contributed by atoms with Crippen LogP contribution in [0.5, 0.6) is 0 Å². The van der Waals surface area contributed by atoms with Crippen molar-refractivity contribution < 1.29 is 8.42 Å². The minimum atomic E-state index is -3.48. The average molecular weight is 307 g/mol. The van der Waals surface area contributed by atoms with Crippen LogP contribution in [-0.4, -0.2) is 25.2 Å². The molecular weight excluding hydrogens is 292 g/mol. The molecule has 7 heteroatoms. The van der Waals surface area contributed by atoms with Crippen LogP contribution in [0.25, 0.3) is 0 Å². The molecule has 1 atom stereocenters. The number of nitrogens with one attached hydrogen (secondary N) is 1. The molecule has 3 N–H and O–H groups in total. The van der Waals surface area contributed by atoms with Crippen molar-refractivity contribution in [3.8, 4) is 0 Å². The fourth-order valence-electron chi connectivity index (χ4n) is 1.27. The second kappa shape index (κ2) is 6.47. The van der Waals surface area contributed by atoms with Gasteiger partial charge in [-0.1, -0.05) is 36.0 Å². The van der Waals surface area contributed by atoms with Crippen molar-refractivity contribution in [1.29, 1.82) is 0 Å². The molecule has 1 aromatic carbocycles. The van der Waals surface area contributed by atoms with Crippen LogP contribution in [0.15, 0.2) is 24.3 Å².